The van der Waals surface area contributed by atoms with Crippen LogP contribution in [-0.2, 0) is 13.1 Å². The van der Waals surface area contributed by atoms with Crippen LogP contribution in [0.4, 0.5) is 14.6 Å². The van der Waals surface area contributed by atoms with E-state index in [1.54, 1.807) is 12.3 Å². The number of benzene rings is 3. The summed E-state index contributed by atoms with van der Waals surface area (Å²) in [7, 11) is 1.97. The van der Waals surface area contributed by atoms with Crippen molar-refractivity contribution in [2.45, 2.75) is 13.1 Å². The lowest BCUT2D eigenvalue weighted by atomic mass is 10.1. The normalized spacial score (nSPS) is 10.8. The van der Waals surface area contributed by atoms with Crippen LogP contribution in [0.25, 0.3) is 21.8 Å². The number of pyridine rings is 2. The molecule has 1 N–H and O–H groups in total. The number of aromatic nitrogens is 4. The average Bonchev–Trinajstić information content (AvgIpc) is 3.05. The van der Waals surface area contributed by atoms with Crippen molar-refractivity contribution in [3.8, 4) is 11.8 Å². The van der Waals surface area contributed by atoms with Gasteiger partial charge in [-0.15, -0.1) is 0 Å². The summed E-state index contributed by atoms with van der Waals surface area (Å²) in [5.74, 6) is 4.17. The van der Waals surface area contributed by atoms with Crippen molar-refractivity contribution in [2.75, 3.05) is 18.5 Å². The third-order valence-electron chi connectivity index (χ3n) is 7.29. The maximum Gasteiger partial charge on any atom is 0.263 e. The molecule has 0 atom stereocenters. The van der Waals surface area contributed by atoms with Crippen molar-refractivity contribution >= 4 is 33.5 Å². The second-order valence-corrected chi connectivity index (χ2v) is 10.4. The highest BCUT2D eigenvalue weighted by atomic mass is 19.2. The number of carbonyl (C=O) groups is 1. The van der Waals surface area contributed by atoms with Crippen molar-refractivity contribution in [3.63, 3.8) is 0 Å². The molecule has 0 aliphatic rings. The number of hydrogen-bond donors (Lipinski definition) is 1. The summed E-state index contributed by atoms with van der Waals surface area (Å²) in [4.78, 5) is 41.1. The minimum atomic E-state index is -1.01. The zero-order valence-electron chi connectivity index (χ0n) is 24.2. The van der Waals surface area contributed by atoms with E-state index in [9.17, 15) is 18.4 Å². The van der Waals surface area contributed by atoms with Gasteiger partial charge >= 0.3 is 0 Å². The molecular formula is C35H26F2N6O2. The number of halogens is 2. The molecule has 10 heteroatoms. The molecule has 0 unspecified atom stereocenters. The van der Waals surface area contributed by atoms with E-state index in [1.807, 2.05) is 43.4 Å². The zero-order chi connectivity index (χ0) is 31.3. The van der Waals surface area contributed by atoms with Crippen LogP contribution >= 0.6 is 0 Å². The first-order valence-corrected chi connectivity index (χ1v) is 14.1. The SMILES string of the molecule is CN(Cc1cccc2ncccc12)c1ncnc2ccc(C#CCNC(=O)c3cccn(Cc4ccc(F)c(F)c4)c3=O)cc12. The second kappa shape index (κ2) is 12.7. The topological polar surface area (TPSA) is 93.0 Å². The van der Waals surface area contributed by atoms with E-state index in [2.05, 4.69) is 49.1 Å². The Kier molecular flexibility index (Phi) is 8.24. The van der Waals surface area contributed by atoms with Gasteiger partial charge in [0.1, 0.15) is 17.7 Å². The van der Waals surface area contributed by atoms with E-state index in [1.165, 1.54) is 29.2 Å². The number of fused-ring (bicyclic) bond motifs is 2. The molecule has 45 heavy (non-hydrogen) atoms. The molecule has 6 aromatic rings. The van der Waals surface area contributed by atoms with Crippen LogP contribution in [0, 0.1) is 23.5 Å². The summed E-state index contributed by atoms with van der Waals surface area (Å²) in [5, 5.41) is 4.57. The van der Waals surface area contributed by atoms with E-state index in [0.29, 0.717) is 17.7 Å². The van der Waals surface area contributed by atoms with Gasteiger partial charge in [-0.2, -0.15) is 0 Å². The van der Waals surface area contributed by atoms with E-state index in [-0.39, 0.29) is 18.7 Å². The molecule has 0 saturated carbocycles. The number of nitrogens with one attached hydrogen (secondary N) is 1. The number of nitrogens with zero attached hydrogens (tertiary/aromatic N) is 5. The fourth-order valence-corrected chi connectivity index (χ4v) is 5.10. The highest BCUT2D eigenvalue weighted by Gasteiger charge is 2.14. The van der Waals surface area contributed by atoms with Crippen molar-refractivity contribution < 1.29 is 13.6 Å². The summed E-state index contributed by atoms with van der Waals surface area (Å²) in [6, 6.07) is 22.0. The van der Waals surface area contributed by atoms with Gasteiger partial charge in [0.2, 0.25) is 0 Å². The van der Waals surface area contributed by atoms with E-state index >= 15 is 0 Å². The van der Waals surface area contributed by atoms with Gasteiger partial charge in [0.05, 0.1) is 24.1 Å². The third-order valence-corrected chi connectivity index (χ3v) is 7.29. The fourth-order valence-electron chi connectivity index (χ4n) is 5.10. The minimum Gasteiger partial charge on any atom is -0.355 e. The van der Waals surface area contributed by atoms with Gasteiger partial charge in [-0.05, 0) is 65.7 Å². The molecule has 0 radical (unpaired) electrons. The molecule has 3 aromatic carbocycles. The summed E-state index contributed by atoms with van der Waals surface area (Å²) < 4.78 is 28.1. The molecule has 0 saturated heterocycles. The molecule has 0 spiro atoms. The molecule has 0 bridgehead atoms. The molecule has 3 heterocycles. The monoisotopic (exact) mass is 600 g/mol. The smallest absolute Gasteiger partial charge is 0.263 e. The van der Waals surface area contributed by atoms with Crippen molar-refractivity contribution in [2.24, 2.45) is 0 Å². The van der Waals surface area contributed by atoms with E-state index in [4.69, 9.17) is 0 Å². The molecule has 0 aliphatic carbocycles. The molecule has 6 rings (SSSR count). The Morgan fingerprint density at radius 2 is 1.78 bits per heavy atom. The minimum absolute atomic E-state index is 0.00153. The van der Waals surface area contributed by atoms with Crippen molar-refractivity contribution in [3.05, 3.63) is 142 Å². The number of anilines is 1. The van der Waals surface area contributed by atoms with Crippen LogP contribution in [0.2, 0.25) is 0 Å². The van der Waals surface area contributed by atoms with Gasteiger partial charge in [0.15, 0.2) is 11.6 Å². The molecule has 0 aliphatic heterocycles. The predicted octanol–water partition coefficient (Wildman–Crippen LogP) is 5.08. The summed E-state index contributed by atoms with van der Waals surface area (Å²) in [5.41, 5.74) is 3.29. The fraction of sp³-hybridized carbons (Fsp3) is 0.114. The Labute approximate surface area is 257 Å². The quantitative estimate of drug-likeness (QED) is 0.257. The predicted molar refractivity (Wildman–Crippen MR) is 169 cm³/mol. The van der Waals surface area contributed by atoms with Crippen molar-refractivity contribution in [1.29, 1.82) is 0 Å². The first-order valence-electron chi connectivity index (χ1n) is 14.1. The van der Waals surface area contributed by atoms with Gasteiger partial charge in [0.25, 0.3) is 11.5 Å². The molecule has 222 valence electrons. The van der Waals surface area contributed by atoms with Crippen molar-refractivity contribution in [1.82, 2.24) is 24.8 Å². The maximum atomic E-state index is 13.6. The van der Waals surface area contributed by atoms with E-state index in [0.717, 1.165) is 45.3 Å². The van der Waals surface area contributed by atoms with Gasteiger partial charge in [-0.3, -0.25) is 14.6 Å². The lowest BCUT2D eigenvalue weighted by molar-refractivity contribution is 0.0956. The summed E-state index contributed by atoms with van der Waals surface area (Å²) >= 11 is 0. The Hall–Kier alpha value is -5.95. The summed E-state index contributed by atoms with van der Waals surface area (Å²) in [6.07, 6.45) is 4.80. The highest BCUT2D eigenvalue weighted by molar-refractivity contribution is 5.94. The van der Waals surface area contributed by atoms with Gasteiger partial charge < -0.3 is 14.8 Å². The first-order chi connectivity index (χ1) is 21.9. The number of rotatable bonds is 7. The Morgan fingerprint density at radius 3 is 2.64 bits per heavy atom. The molecule has 8 nitrogen and oxygen atoms in total. The molecule has 3 aromatic heterocycles. The maximum absolute atomic E-state index is 13.6. The number of carbonyl (C=O) groups excluding carboxylic acids is 1. The van der Waals surface area contributed by atoms with E-state index < -0.39 is 23.1 Å². The average molecular weight is 601 g/mol. The van der Waals surface area contributed by atoms with Crippen LogP contribution in [0.5, 0.6) is 0 Å². The van der Waals surface area contributed by atoms with Crippen LogP contribution in [0.1, 0.15) is 27.0 Å². The Morgan fingerprint density at radius 1 is 0.911 bits per heavy atom. The lowest BCUT2D eigenvalue weighted by Gasteiger charge is -2.20. The zero-order valence-corrected chi connectivity index (χ0v) is 24.2. The molecular weight excluding hydrogens is 574 g/mol. The van der Waals surface area contributed by atoms with Crippen LogP contribution < -0.4 is 15.8 Å². The standard InChI is InChI=1S/C35H26F2N6O2/c1-42(21-25-7-2-10-31-26(25)8-4-15-38-31)33-28-18-23(12-14-32(28)40-22-41-33)6-3-16-39-34(44)27-9-5-17-43(35(27)45)20-24-11-13-29(36)30(37)19-24/h2,4-5,7-15,17-19,22H,16,20-21H2,1H3,(H,39,44). The Balaban J connectivity index is 1.15. The van der Waals surface area contributed by atoms with Gasteiger partial charge in [-0.25, -0.2) is 18.7 Å². The van der Waals surface area contributed by atoms with Crippen LogP contribution in [-0.4, -0.2) is 39.0 Å². The molecule has 0 fully saturated rings. The van der Waals surface area contributed by atoms with Crippen LogP contribution in [0.15, 0.2) is 102 Å². The highest BCUT2D eigenvalue weighted by Crippen LogP contribution is 2.26. The van der Waals surface area contributed by atoms with Gasteiger partial charge in [-0.1, -0.05) is 36.1 Å². The van der Waals surface area contributed by atoms with Crippen LogP contribution in [0.3, 0.4) is 0 Å². The number of hydrogen-bond acceptors (Lipinski definition) is 6. The second-order valence-electron chi connectivity index (χ2n) is 10.4. The number of amides is 1. The first kappa shape index (κ1) is 29.1. The third kappa shape index (κ3) is 6.38. The van der Waals surface area contributed by atoms with Gasteiger partial charge in [0, 0.05) is 42.3 Å². The largest absolute Gasteiger partial charge is 0.355 e. The Bertz CT molecular complexity index is 2180. The molecule has 1 amide bonds. The summed E-state index contributed by atoms with van der Waals surface area (Å²) in [6.45, 7) is 0.597. The lowest BCUT2D eigenvalue weighted by Crippen LogP contribution is -2.33.